The summed E-state index contributed by atoms with van der Waals surface area (Å²) in [5, 5.41) is 3.17. The zero-order valence-electron chi connectivity index (χ0n) is 13.6. The maximum atomic E-state index is 13.4. The van der Waals surface area contributed by atoms with E-state index in [-0.39, 0.29) is 6.54 Å². The first-order chi connectivity index (χ1) is 12.6. The molecule has 0 unspecified atom stereocenters. The Bertz CT molecular complexity index is 935. The largest absolute Gasteiger partial charge is 0.452 e. The number of nitrogens with zero attached hydrogens (tertiary/aromatic N) is 1. The summed E-state index contributed by atoms with van der Waals surface area (Å²) in [4.78, 5) is 27.7. The van der Waals surface area contributed by atoms with Crippen LogP contribution in [-0.4, -0.2) is 23.5 Å². The molecule has 2 aromatic carbocycles. The molecular weight excluding hydrogens is 355 g/mol. The lowest BCUT2D eigenvalue weighted by molar-refractivity contribution is -0.143. The van der Waals surface area contributed by atoms with Crippen molar-refractivity contribution in [3.05, 3.63) is 71.0 Å². The van der Waals surface area contributed by atoms with Gasteiger partial charge in [-0.2, -0.15) is 0 Å². The van der Waals surface area contributed by atoms with Gasteiger partial charge in [-0.1, -0.05) is 30.3 Å². The van der Waals surface area contributed by atoms with Crippen molar-refractivity contribution in [2.45, 2.75) is 6.54 Å². The number of para-hydroxylation sites is 1. The van der Waals surface area contributed by atoms with Gasteiger partial charge in [-0.05, 0) is 24.3 Å². The molecule has 5 nitrogen and oxygen atoms in total. The highest BCUT2D eigenvalue weighted by atomic mass is 32.1. The Kier molecular flexibility index (Phi) is 5.70. The molecule has 0 aliphatic rings. The fourth-order valence-electron chi connectivity index (χ4n) is 2.17. The molecule has 3 rings (SSSR count). The van der Waals surface area contributed by atoms with Crippen molar-refractivity contribution < 1.29 is 18.7 Å². The van der Waals surface area contributed by atoms with Crippen molar-refractivity contribution in [3.63, 3.8) is 0 Å². The number of halogens is 1. The summed E-state index contributed by atoms with van der Waals surface area (Å²) in [5.41, 5.74) is 1.22. The molecule has 0 aliphatic heterocycles. The Morgan fingerprint density at radius 1 is 1.15 bits per heavy atom. The summed E-state index contributed by atoms with van der Waals surface area (Å²) in [5.74, 6) is -1.55. The van der Waals surface area contributed by atoms with E-state index in [4.69, 9.17) is 4.74 Å². The third-order valence-corrected chi connectivity index (χ3v) is 4.45. The van der Waals surface area contributed by atoms with Crippen LogP contribution in [0, 0.1) is 5.82 Å². The first-order valence-electron chi connectivity index (χ1n) is 7.82. The molecule has 1 heterocycles. The second-order valence-electron chi connectivity index (χ2n) is 5.33. The minimum absolute atomic E-state index is 0.0323. The lowest BCUT2D eigenvalue weighted by Gasteiger charge is -2.06. The van der Waals surface area contributed by atoms with E-state index in [1.54, 1.807) is 24.3 Å². The van der Waals surface area contributed by atoms with E-state index in [1.165, 1.54) is 23.5 Å². The van der Waals surface area contributed by atoms with Gasteiger partial charge in [0.1, 0.15) is 10.8 Å². The molecule has 1 N–H and O–H groups in total. The average Bonchev–Trinajstić information content (AvgIpc) is 3.07. The number of hydrogen-bond donors (Lipinski definition) is 1. The van der Waals surface area contributed by atoms with E-state index in [0.717, 1.165) is 10.2 Å². The number of hydrogen-bond acceptors (Lipinski definition) is 5. The van der Waals surface area contributed by atoms with Crippen molar-refractivity contribution in [3.8, 4) is 0 Å². The van der Waals surface area contributed by atoms with E-state index in [0.29, 0.717) is 10.6 Å². The zero-order valence-corrected chi connectivity index (χ0v) is 14.5. The summed E-state index contributed by atoms with van der Waals surface area (Å²) < 4.78 is 19.3. The van der Waals surface area contributed by atoms with Crippen LogP contribution in [0.5, 0.6) is 0 Å². The first-order valence-corrected chi connectivity index (χ1v) is 8.64. The molecule has 0 atom stereocenters. The minimum atomic E-state index is -0.648. The molecule has 3 aromatic rings. The van der Waals surface area contributed by atoms with Gasteiger partial charge < -0.3 is 10.1 Å². The molecule has 26 heavy (non-hydrogen) atoms. The molecule has 0 fully saturated rings. The fourth-order valence-corrected chi connectivity index (χ4v) is 3.04. The molecule has 7 heteroatoms. The van der Waals surface area contributed by atoms with Crippen molar-refractivity contribution in [2.24, 2.45) is 0 Å². The number of fused-ring (bicyclic) bond motifs is 1. The number of esters is 1. The molecular formula is C19H15FN2O3S. The smallest absolute Gasteiger partial charge is 0.331 e. The Hall–Kier alpha value is -3.06. The van der Waals surface area contributed by atoms with Crippen molar-refractivity contribution in [1.82, 2.24) is 10.3 Å². The second-order valence-corrected chi connectivity index (χ2v) is 6.39. The SMILES string of the molecule is O=C(COC(=O)/C=C/c1nc2ccccc2s1)NCc1ccccc1F. The van der Waals surface area contributed by atoms with Gasteiger partial charge in [0.25, 0.3) is 5.91 Å². The van der Waals surface area contributed by atoms with E-state index >= 15 is 0 Å². The molecule has 0 bridgehead atoms. The van der Waals surface area contributed by atoms with Crippen LogP contribution < -0.4 is 5.32 Å². The highest BCUT2D eigenvalue weighted by Crippen LogP contribution is 2.22. The number of carbonyl (C=O) groups is 2. The summed E-state index contributed by atoms with van der Waals surface area (Å²) in [7, 11) is 0. The van der Waals surface area contributed by atoms with Crippen LogP contribution in [0.4, 0.5) is 4.39 Å². The summed E-state index contributed by atoms with van der Waals surface area (Å²) in [6, 6.07) is 13.8. The third-order valence-electron chi connectivity index (χ3n) is 3.45. The molecule has 0 saturated carbocycles. The highest BCUT2D eigenvalue weighted by molar-refractivity contribution is 7.19. The van der Waals surface area contributed by atoms with Gasteiger partial charge in [0.2, 0.25) is 0 Å². The van der Waals surface area contributed by atoms with Crippen molar-refractivity contribution >= 4 is 39.5 Å². The van der Waals surface area contributed by atoms with Gasteiger partial charge in [0.05, 0.1) is 10.2 Å². The predicted octanol–water partition coefficient (Wildman–Crippen LogP) is 3.31. The number of rotatable bonds is 6. The standard InChI is InChI=1S/C19H15FN2O3S/c20-14-6-2-1-5-13(14)11-21-17(23)12-25-19(24)10-9-18-22-15-7-3-4-8-16(15)26-18/h1-10H,11-12H2,(H,21,23)/b10-9+. The Morgan fingerprint density at radius 3 is 2.73 bits per heavy atom. The van der Waals surface area contributed by atoms with Crippen LogP contribution >= 0.6 is 11.3 Å². The van der Waals surface area contributed by atoms with Gasteiger partial charge in [-0.25, -0.2) is 14.2 Å². The highest BCUT2D eigenvalue weighted by Gasteiger charge is 2.07. The Morgan fingerprint density at radius 2 is 1.92 bits per heavy atom. The van der Waals surface area contributed by atoms with E-state index in [2.05, 4.69) is 10.3 Å². The number of aromatic nitrogens is 1. The van der Waals surface area contributed by atoms with Gasteiger partial charge in [-0.15, -0.1) is 11.3 Å². The zero-order chi connectivity index (χ0) is 18.4. The van der Waals surface area contributed by atoms with Crippen molar-refractivity contribution in [1.29, 1.82) is 0 Å². The van der Waals surface area contributed by atoms with E-state index < -0.39 is 24.3 Å². The molecule has 0 radical (unpaired) electrons. The monoisotopic (exact) mass is 370 g/mol. The van der Waals surface area contributed by atoms with Crippen LogP contribution in [0.15, 0.2) is 54.6 Å². The van der Waals surface area contributed by atoms with Gasteiger partial charge in [-0.3, -0.25) is 4.79 Å². The molecule has 1 amide bonds. The predicted molar refractivity (Wildman–Crippen MR) is 97.9 cm³/mol. The average molecular weight is 370 g/mol. The van der Waals surface area contributed by atoms with Crippen LogP contribution in [0.3, 0.4) is 0 Å². The molecule has 0 saturated heterocycles. The number of carbonyl (C=O) groups excluding carboxylic acids is 2. The Labute approximate surface area is 153 Å². The lowest BCUT2D eigenvalue weighted by Crippen LogP contribution is -2.28. The van der Waals surface area contributed by atoms with Crippen LogP contribution in [0.25, 0.3) is 16.3 Å². The van der Waals surface area contributed by atoms with E-state index in [9.17, 15) is 14.0 Å². The molecule has 0 spiro atoms. The fraction of sp³-hybridized carbons (Fsp3) is 0.105. The topological polar surface area (TPSA) is 68.3 Å². The summed E-state index contributed by atoms with van der Waals surface area (Å²) in [6.07, 6.45) is 2.77. The number of benzene rings is 2. The summed E-state index contributed by atoms with van der Waals surface area (Å²) in [6.45, 7) is -0.401. The maximum Gasteiger partial charge on any atom is 0.331 e. The second kappa shape index (κ2) is 8.35. The van der Waals surface area contributed by atoms with Crippen molar-refractivity contribution in [2.75, 3.05) is 6.61 Å². The quantitative estimate of drug-likeness (QED) is 0.534. The van der Waals surface area contributed by atoms with Gasteiger partial charge in [0, 0.05) is 18.2 Å². The van der Waals surface area contributed by atoms with E-state index in [1.807, 2.05) is 24.3 Å². The Balaban J connectivity index is 1.46. The molecule has 132 valence electrons. The number of thiazole rings is 1. The van der Waals surface area contributed by atoms with Crippen LogP contribution in [0.2, 0.25) is 0 Å². The van der Waals surface area contributed by atoms with Crippen LogP contribution in [-0.2, 0) is 20.9 Å². The van der Waals surface area contributed by atoms with Crippen LogP contribution in [0.1, 0.15) is 10.6 Å². The summed E-state index contributed by atoms with van der Waals surface area (Å²) >= 11 is 1.45. The van der Waals surface area contributed by atoms with Gasteiger partial charge >= 0.3 is 5.97 Å². The normalized spacial score (nSPS) is 11.0. The number of amides is 1. The molecule has 1 aromatic heterocycles. The lowest BCUT2D eigenvalue weighted by atomic mass is 10.2. The van der Waals surface area contributed by atoms with Gasteiger partial charge in [0.15, 0.2) is 6.61 Å². The maximum absolute atomic E-state index is 13.4. The number of ether oxygens (including phenoxy) is 1. The number of nitrogens with one attached hydrogen (secondary N) is 1. The molecule has 0 aliphatic carbocycles. The first kappa shape index (κ1) is 17.8. The third kappa shape index (κ3) is 4.73. The minimum Gasteiger partial charge on any atom is -0.452 e.